The van der Waals surface area contributed by atoms with E-state index in [4.69, 9.17) is 10.8 Å². The maximum atomic E-state index is 8.34. The minimum Gasteiger partial charge on any atom is -0.497 e. The second-order valence-corrected chi connectivity index (χ2v) is 4.00. The van der Waals surface area contributed by atoms with E-state index in [1.165, 1.54) is 0 Å². The summed E-state index contributed by atoms with van der Waals surface area (Å²) in [5.74, 6) is 0.791. The van der Waals surface area contributed by atoms with Crippen LogP contribution in [0.3, 0.4) is 0 Å². The van der Waals surface area contributed by atoms with Crippen LogP contribution in [-0.4, -0.2) is 7.11 Å². The first-order valence-electron chi connectivity index (χ1n) is 6.11. The Morgan fingerprint density at radius 1 is 1.00 bits per heavy atom. The van der Waals surface area contributed by atoms with Crippen LogP contribution in [-0.2, 0) is 4.74 Å². The van der Waals surface area contributed by atoms with E-state index in [1.54, 1.807) is 7.11 Å². The van der Waals surface area contributed by atoms with Crippen molar-refractivity contribution >= 4 is 0 Å². The number of hydrogen-bond donors (Lipinski definition) is 0. The number of benzene rings is 2. The van der Waals surface area contributed by atoms with Crippen LogP contribution in [0.15, 0.2) is 54.6 Å². The molecule has 1 aliphatic rings. The largest absolute Gasteiger partial charge is 0.497 e. The lowest BCUT2D eigenvalue weighted by atomic mass is 10.0. The molecule has 2 atom stereocenters. The molecule has 0 aliphatic carbocycles. The number of hydrogen-bond acceptors (Lipinski definition) is 2. The maximum absolute atomic E-state index is 8.34. The van der Waals surface area contributed by atoms with Crippen molar-refractivity contribution in [1.82, 2.24) is 0 Å². The SMILES string of the molecule is [2H][C@@]1(c2ccc(OC)cc2)O[C@H]1c1ccccc1. The van der Waals surface area contributed by atoms with Crippen molar-refractivity contribution in [1.29, 1.82) is 0 Å². The lowest BCUT2D eigenvalue weighted by molar-refractivity contribution is 0.377. The third-order valence-electron chi connectivity index (χ3n) is 2.90. The zero-order valence-corrected chi connectivity index (χ0v) is 9.59. The zero-order valence-electron chi connectivity index (χ0n) is 10.6. The molecular weight excluding hydrogens is 212 g/mol. The molecule has 0 radical (unpaired) electrons. The fraction of sp³-hybridized carbons (Fsp3) is 0.200. The molecule has 0 bridgehead atoms. The molecule has 0 spiro atoms. The number of rotatable bonds is 3. The fourth-order valence-electron chi connectivity index (χ4n) is 1.91. The van der Waals surface area contributed by atoms with Crippen molar-refractivity contribution < 1.29 is 10.8 Å². The highest BCUT2D eigenvalue weighted by Crippen LogP contribution is 2.50. The predicted octanol–water partition coefficient (Wildman–Crippen LogP) is 3.51. The Labute approximate surface area is 102 Å². The second-order valence-electron chi connectivity index (χ2n) is 4.00. The number of ether oxygens (including phenoxy) is 2. The average molecular weight is 227 g/mol. The third-order valence-corrected chi connectivity index (χ3v) is 2.90. The molecule has 0 unspecified atom stereocenters. The molecular formula is C15H14O2. The number of methoxy groups -OCH3 is 1. The zero-order chi connectivity index (χ0) is 12.6. The van der Waals surface area contributed by atoms with Crippen molar-refractivity contribution in [3.63, 3.8) is 0 Å². The molecule has 2 aromatic rings. The van der Waals surface area contributed by atoms with Gasteiger partial charge < -0.3 is 9.47 Å². The summed E-state index contributed by atoms with van der Waals surface area (Å²) in [5.41, 5.74) is 1.90. The van der Waals surface area contributed by atoms with Gasteiger partial charge in [-0.3, -0.25) is 0 Å². The molecule has 1 saturated heterocycles. The topological polar surface area (TPSA) is 21.8 Å². The molecule has 0 aromatic heterocycles. The van der Waals surface area contributed by atoms with Gasteiger partial charge in [0.05, 0.1) is 8.48 Å². The first-order chi connectivity index (χ1) is 8.74. The predicted molar refractivity (Wildman–Crippen MR) is 66.0 cm³/mol. The first-order valence-corrected chi connectivity index (χ1v) is 5.61. The quantitative estimate of drug-likeness (QED) is 0.748. The van der Waals surface area contributed by atoms with Crippen LogP contribution >= 0.6 is 0 Å². The van der Waals surface area contributed by atoms with Gasteiger partial charge in [-0.05, 0) is 23.3 Å². The van der Waals surface area contributed by atoms with Crippen molar-refractivity contribution in [3.05, 3.63) is 65.7 Å². The third kappa shape index (κ3) is 2.04. The highest BCUT2D eigenvalue weighted by molar-refractivity contribution is 5.33. The van der Waals surface area contributed by atoms with Crippen molar-refractivity contribution in [2.45, 2.75) is 12.2 Å². The lowest BCUT2D eigenvalue weighted by Crippen LogP contribution is -1.86. The van der Waals surface area contributed by atoms with Gasteiger partial charge in [-0.1, -0.05) is 42.5 Å². The van der Waals surface area contributed by atoms with Gasteiger partial charge in [0.1, 0.15) is 17.9 Å². The van der Waals surface area contributed by atoms with E-state index in [1.807, 2.05) is 54.6 Å². The van der Waals surface area contributed by atoms with Crippen LogP contribution < -0.4 is 4.74 Å². The Kier molecular flexibility index (Phi) is 2.30. The molecule has 2 nitrogen and oxygen atoms in total. The van der Waals surface area contributed by atoms with Crippen LogP contribution in [0.1, 0.15) is 24.7 Å². The van der Waals surface area contributed by atoms with E-state index < -0.39 is 6.08 Å². The molecule has 86 valence electrons. The van der Waals surface area contributed by atoms with E-state index in [9.17, 15) is 0 Å². The number of epoxide rings is 1. The van der Waals surface area contributed by atoms with Crippen LogP contribution in [0.5, 0.6) is 5.75 Å². The Morgan fingerprint density at radius 3 is 2.35 bits per heavy atom. The maximum Gasteiger partial charge on any atom is 0.118 e. The average Bonchev–Trinajstić information content (AvgIpc) is 3.14. The molecule has 0 N–H and O–H groups in total. The van der Waals surface area contributed by atoms with E-state index >= 15 is 0 Å². The highest BCUT2D eigenvalue weighted by atomic mass is 16.6. The summed E-state index contributed by atoms with van der Waals surface area (Å²) >= 11 is 0. The van der Waals surface area contributed by atoms with Gasteiger partial charge in [0, 0.05) is 0 Å². The summed E-state index contributed by atoms with van der Waals surface area (Å²) in [7, 11) is 1.63. The minimum absolute atomic E-state index is 0.174. The van der Waals surface area contributed by atoms with Gasteiger partial charge in [-0.2, -0.15) is 0 Å². The van der Waals surface area contributed by atoms with Crippen LogP contribution in [0.25, 0.3) is 0 Å². The molecule has 1 heterocycles. The van der Waals surface area contributed by atoms with Gasteiger partial charge >= 0.3 is 0 Å². The summed E-state index contributed by atoms with van der Waals surface area (Å²) < 4.78 is 19.0. The van der Waals surface area contributed by atoms with E-state index in [0.29, 0.717) is 0 Å². The van der Waals surface area contributed by atoms with Gasteiger partial charge in [0.15, 0.2) is 0 Å². The van der Waals surface area contributed by atoms with E-state index in [0.717, 1.165) is 16.9 Å². The van der Waals surface area contributed by atoms with Gasteiger partial charge in [0.2, 0.25) is 0 Å². The summed E-state index contributed by atoms with van der Waals surface area (Å²) in [6.07, 6.45) is -1.12. The van der Waals surface area contributed by atoms with Gasteiger partial charge in [0.25, 0.3) is 0 Å². The highest BCUT2D eigenvalue weighted by Gasteiger charge is 2.41. The molecule has 3 rings (SSSR count). The molecule has 17 heavy (non-hydrogen) atoms. The molecule has 0 amide bonds. The summed E-state index contributed by atoms with van der Waals surface area (Å²) in [6.45, 7) is 0. The van der Waals surface area contributed by atoms with Crippen LogP contribution in [0.4, 0.5) is 0 Å². The first kappa shape index (κ1) is 9.25. The molecule has 0 saturated carbocycles. The Morgan fingerprint density at radius 2 is 1.71 bits per heavy atom. The fourth-order valence-corrected chi connectivity index (χ4v) is 1.91. The van der Waals surface area contributed by atoms with Crippen molar-refractivity contribution in [2.75, 3.05) is 7.11 Å². The van der Waals surface area contributed by atoms with Gasteiger partial charge in [-0.15, -0.1) is 0 Å². The van der Waals surface area contributed by atoms with Crippen LogP contribution in [0.2, 0.25) is 0 Å². The van der Waals surface area contributed by atoms with Crippen molar-refractivity contribution in [2.24, 2.45) is 0 Å². The smallest absolute Gasteiger partial charge is 0.118 e. The normalized spacial score (nSPS) is 27.4. The Balaban J connectivity index is 1.85. The molecule has 1 fully saturated rings. The standard InChI is InChI=1S/C15H14O2/c1-16-13-9-7-12(8-10-13)15-14(17-15)11-5-3-2-4-6-11/h2-10,14-15H,1H3/t14-,15-/m0/s1/i15D. The second kappa shape index (κ2) is 4.22. The molecule has 2 heteroatoms. The van der Waals surface area contributed by atoms with Gasteiger partial charge in [-0.25, -0.2) is 0 Å². The summed E-state index contributed by atoms with van der Waals surface area (Å²) in [5, 5.41) is 0. The Bertz CT molecular complexity index is 538. The summed E-state index contributed by atoms with van der Waals surface area (Å²) in [6, 6.07) is 17.4. The molecule has 1 aliphatic heterocycles. The summed E-state index contributed by atoms with van der Waals surface area (Å²) in [4.78, 5) is 0. The van der Waals surface area contributed by atoms with Crippen LogP contribution in [0, 0.1) is 0 Å². The van der Waals surface area contributed by atoms with E-state index in [2.05, 4.69) is 0 Å². The monoisotopic (exact) mass is 227 g/mol. The Hall–Kier alpha value is -1.80. The molecule has 2 aromatic carbocycles. The van der Waals surface area contributed by atoms with Crippen molar-refractivity contribution in [3.8, 4) is 5.75 Å². The minimum atomic E-state index is -0.951. The lowest BCUT2D eigenvalue weighted by Gasteiger charge is -2.00. The van der Waals surface area contributed by atoms with E-state index in [-0.39, 0.29) is 6.10 Å².